The second-order valence-electron chi connectivity index (χ2n) is 4.78. The Morgan fingerprint density at radius 3 is 2.30 bits per heavy atom. The van der Waals surface area contributed by atoms with Gasteiger partial charge in [-0.2, -0.15) is 0 Å². The van der Waals surface area contributed by atoms with E-state index in [-0.39, 0.29) is 0 Å². The molecule has 1 saturated heterocycles. The summed E-state index contributed by atoms with van der Waals surface area (Å²) in [5.74, 6) is 0. The van der Waals surface area contributed by atoms with Crippen molar-refractivity contribution in [2.24, 2.45) is 4.99 Å². The molecule has 0 radical (unpaired) electrons. The van der Waals surface area contributed by atoms with Crippen molar-refractivity contribution in [2.45, 2.75) is 0 Å². The molecule has 0 unspecified atom stereocenters. The summed E-state index contributed by atoms with van der Waals surface area (Å²) in [7, 11) is 0. The first kappa shape index (κ1) is 12.9. The van der Waals surface area contributed by atoms with Crippen LogP contribution in [0.5, 0.6) is 0 Å². The molecule has 3 rings (SSSR count). The van der Waals surface area contributed by atoms with Gasteiger partial charge in [-0.15, -0.1) is 0 Å². The van der Waals surface area contributed by atoms with Gasteiger partial charge in [0.15, 0.2) is 0 Å². The Bertz CT molecular complexity index is 557. The van der Waals surface area contributed by atoms with Crippen molar-refractivity contribution in [3.8, 4) is 0 Å². The van der Waals surface area contributed by atoms with Gasteiger partial charge in [-0.3, -0.25) is 4.99 Å². The first-order valence-corrected chi connectivity index (χ1v) is 6.94. The SMILES string of the molecule is C(=Nc1ccc(N2CCOCC2)cc1)c1ccccc1. The monoisotopic (exact) mass is 266 g/mol. The molecule has 2 aromatic carbocycles. The Labute approximate surface area is 119 Å². The van der Waals surface area contributed by atoms with Crippen LogP contribution in [0.25, 0.3) is 0 Å². The van der Waals surface area contributed by atoms with Gasteiger partial charge in [0, 0.05) is 25.0 Å². The average molecular weight is 266 g/mol. The molecule has 0 bridgehead atoms. The number of aliphatic imine (C=N–C) groups is 1. The lowest BCUT2D eigenvalue weighted by Crippen LogP contribution is -2.36. The molecule has 0 amide bonds. The maximum absolute atomic E-state index is 5.37. The van der Waals surface area contributed by atoms with Crippen LogP contribution in [-0.4, -0.2) is 32.5 Å². The zero-order chi connectivity index (χ0) is 13.6. The highest BCUT2D eigenvalue weighted by atomic mass is 16.5. The van der Waals surface area contributed by atoms with E-state index in [1.807, 2.05) is 36.5 Å². The Balaban J connectivity index is 1.68. The number of hydrogen-bond acceptors (Lipinski definition) is 3. The molecular formula is C17H18N2O. The van der Waals surface area contributed by atoms with Crippen LogP contribution in [0, 0.1) is 0 Å². The van der Waals surface area contributed by atoms with Crippen LogP contribution in [0.1, 0.15) is 5.56 Å². The fourth-order valence-electron chi connectivity index (χ4n) is 2.26. The lowest BCUT2D eigenvalue weighted by atomic mass is 10.2. The number of hydrogen-bond donors (Lipinski definition) is 0. The summed E-state index contributed by atoms with van der Waals surface area (Å²) in [6.07, 6.45) is 1.89. The van der Waals surface area contributed by atoms with Crippen molar-refractivity contribution in [1.82, 2.24) is 0 Å². The van der Waals surface area contributed by atoms with E-state index in [4.69, 9.17) is 4.74 Å². The minimum Gasteiger partial charge on any atom is -0.378 e. The third-order valence-electron chi connectivity index (χ3n) is 3.39. The molecule has 1 fully saturated rings. The van der Waals surface area contributed by atoms with Crippen molar-refractivity contribution in [3.05, 3.63) is 60.2 Å². The first-order chi connectivity index (χ1) is 9.92. The van der Waals surface area contributed by atoms with E-state index in [9.17, 15) is 0 Å². The Morgan fingerprint density at radius 1 is 0.900 bits per heavy atom. The maximum Gasteiger partial charge on any atom is 0.0642 e. The fourth-order valence-corrected chi connectivity index (χ4v) is 2.26. The van der Waals surface area contributed by atoms with E-state index in [0.29, 0.717) is 0 Å². The van der Waals surface area contributed by atoms with Gasteiger partial charge in [0.2, 0.25) is 0 Å². The summed E-state index contributed by atoms with van der Waals surface area (Å²) in [4.78, 5) is 6.84. The summed E-state index contributed by atoms with van der Waals surface area (Å²) >= 11 is 0. The van der Waals surface area contributed by atoms with Gasteiger partial charge >= 0.3 is 0 Å². The van der Waals surface area contributed by atoms with Crippen molar-refractivity contribution in [3.63, 3.8) is 0 Å². The highest BCUT2D eigenvalue weighted by Gasteiger charge is 2.10. The summed E-state index contributed by atoms with van der Waals surface area (Å²) in [6.45, 7) is 3.56. The first-order valence-electron chi connectivity index (χ1n) is 6.94. The molecule has 0 spiro atoms. The molecule has 102 valence electrons. The number of anilines is 1. The number of nitrogens with zero attached hydrogens (tertiary/aromatic N) is 2. The molecule has 2 aromatic rings. The third kappa shape index (κ3) is 3.25. The van der Waals surface area contributed by atoms with Crippen LogP contribution in [-0.2, 0) is 4.74 Å². The van der Waals surface area contributed by atoms with Gasteiger partial charge in [0.25, 0.3) is 0 Å². The topological polar surface area (TPSA) is 24.8 Å². The minimum absolute atomic E-state index is 0.813. The van der Waals surface area contributed by atoms with Crippen LogP contribution in [0.4, 0.5) is 11.4 Å². The van der Waals surface area contributed by atoms with E-state index in [1.54, 1.807) is 0 Å². The van der Waals surface area contributed by atoms with Gasteiger partial charge in [0.1, 0.15) is 0 Å². The van der Waals surface area contributed by atoms with Gasteiger partial charge in [-0.25, -0.2) is 0 Å². The molecule has 3 heteroatoms. The highest BCUT2D eigenvalue weighted by molar-refractivity contribution is 5.81. The maximum atomic E-state index is 5.37. The van der Waals surface area contributed by atoms with E-state index in [2.05, 4.69) is 34.2 Å². The van der Waals surface area contributed by atoms with Crippen LogP contribution < -0.4 is 4.90 Å². The lowest BCUT2D eigenvalue weighted by Gasteiger charge is -2.28. The van der Waals surface area contributed by atoms with Gasteiger partial charge < -0.3 is 9.64 Å². The van der Waals surface area contributed by atoms with Crippen LogP contribution in [0.3, 0.4) is 0 Å². The zero-order valence-electron chi connectivity index (χ0n) is 11.4. The van der Waals surface area contributed by atoms with E-state index >= 15 is 0 Å². The van der Waals surface area contributed by atoms with Crippen LogP contribution >= 0.6 is 0 Å². The van der Waals surface area contributed by atoms with Crippen molar-refractivity contribution >= 4 is 17.6 Å². The predicted octanol–water partition coefficient (Wildman–Crippen LogP) is 3.27. The molecule has 0 aliphatic carbocycles. The third-order valence-corrected chi connectivity index (χ3v) is 3.39. The summed E-state index contributed by atoms with van der Waals surface area (Å²) in [6, 6.07) is 18.5. The zero-order valence-corrected chi connectivity index (χ0v) is 11.4. The van der Waals surface area contributed by atoms with E-state index in [1.165, 1.54) is 5.69 Å². The Morgan fingerprint density at radius 2 is 1.60 bits per heavy atom. The largest absolute Gasteiger partial charge is 0.378 e. The van der Waals surface area contributed by atoms with E-state index < -0.39 is 0 Å². The second-order valence-corrected chi connectivity index (χ2v) is 4.78. The average Bonchev–Trinajstić information content (AvgIpc) is 2.55. The number of morpholine rings is 1. The normalized spacial score (nSPS) is 15.7. The van der Waals surface area contributed by atoms with Gasteiger partial charge in [-0.1, -0.05) is 30.3 Å². The Hall–Kier alpha value is -2.13. The molecule has 20 heavy (non-hydrogen) atoms. The molecule has 0 atom stereocenters. The molecule has 1 aliphatic rings. The molecular weight excluding hydrogens is 248 g/mol. The molecule has 1 aliphatic heterocycles. The summed E-state index contributed by atoms with van der Waals surface area (Å²) < 4.78 is 5.37. The van der Waals surface area contributed by atoms with Crippen molar-refractivity contribution in [1.29, 1.82) is 0 Å². The quantitative estimate of drug-likeness (QED) is 0.796. The molecule has 0 N–H and O–H groups in total. The smallest absolute Gasteiger partial charge is 0.0642 e. The summed E-state index contributed by atoms with van der Waals surface area (Å²) in [5, 5.41) is 0. The van der Waals surface area contributed by atoms with Gasteiger partial charge in [0.05, 0.1) is 18.9 Å². The second kappa shape index (κ2) is 6.35. The fraction of sp³-hybridized carbons (Fsp3) is 0.235. The van der Waals surface area contributed by atoms with Crippen molar-refractivity contribution in [2.75, 3.05) is 31.2 Å². The lowest BCUT2D eigenvalue weighted by molar-refractivity contribution is 0.122. The molecule has 3 nitrogen and oxygen atoms in total. The van der Waals surface area contributed by atoms with E-state index in [0.717, 1.165) is 37.6 Å². The van der Waals surface area contributed by atoms with Crippen LogP contribution in [0.2, 0.25) is 0 Å². The predicted molar refractivity (Wildman–Crippen MR) is 83.2 cm³/mol. The standard InChI is InChI=1S/C17H18N2O/c1-2-4-15(5-3-1)14-18-16-6-8-17(9-7-16)19-10-12-20-13-11-19/h1-9,14H,10-13H2. The van der Waals surface area contributed by atoms with Crippen LogP contribution in [0.15, 0.2) is 59.6 Å². The number of benzene rings is 2. The van der Waals surface area contributed by atoms with Gasteiger partial charge in [-0.05, 0) is 29.8 Å². The Kier molecular flexibility index (Phi) is 4.09. The highest BCUT2D eigenvalue weighted by Crippen LogP contribution is 2.20. The molecule has 1 heterocycles. The molecule has 0 aromatic heterocycles. The number of ether oxygens (including phenoxy) is 1. The number of rotatable bonds is 3. The molecule has 0 saturated carbocycles. The minimum atomic E-state index is 0.813. The van der Waals surface area contributed by atoms with Crippen molar-refractivity contribution < 1.29 is 4.74 Å². The summed E-state index contributed by atoms with van der Waals surface area (Å²) in [5.41, 5.74) is 3.34.